The van der Waals surface area contributed by atoms with E-state index in [0.29, 0.717) is 30.3 Å². The molecule has 2 atom stereocenters. The summed E-state index contributed by atoms with van der Waals surface area (Å²) in [5.41, 5.74) is 10.8. The van der Waals surface area contributed by atoms with Crippen LogP contribution in [0.1, 0.15) is 54.6 Å². The van der Waals surface area contributed by atoms with Gasteiger partial charge in [0.2, 0.25) is 0 Å². The van der Waals surface area contributed by atoms with Gasteiger partial charge in [0.15, 0.2) is 0 Å². The van der Waals surface area contributed by atoms with E-state index in [4.69, 9.17) is 26.4 Å². The first-order valence-electron chi connectivity index (χ1n) is 11.6. The number of aryl methyl sites for hydroxylation is 2. The topological polar surface area (TPSA) is 137 Å². The van der Waals surface area contributed by atoms with Crippen LogP contribution in [0.3, 0.4) is 0 Å². The maximum atomic E-state index is 12.4. The molecular formula is C25H35N5O4. The van der Waals surface area contributed by atoms with E-state index in [1.807, 2.05) is 31.3 Å². The van der Waals surface area contributed by atoms with Gasteiger partial charge in [0.05, 0.1) is 36.7 Å². The number of nitrogens with zero attached hydrogens (tertiary/aromatic N) is 3. The average molecular weight is 470 g/mol. The van der Waals surface area contributed by atoms with Crippen molar-refractivity contribution in [3.8, 4) is 0 Å². The second-order valence-corrected chi connectivity index (χ2v) is 9.03. The lowest BCUT2D eigenvalue weighted by Gasteiger charge is -2.29. The van der Waals surface area contributed by atoms with Crippen LogP contribution in [0, 0.1) is 12.8 Å². The number of hydrogen-bond donors (Lipinski definition) is 3. The Morgan fingerprint density at radius 3 is 2.71 bits per heavy atom. The fourth-order valence-corrected chi connectivity index (χ4v) is 4.51. The van der Waals surface area contributed by atoms with Gasteiger partial charge < -0.3 is 25.2 Å². The molecule has 9 nitrogen and oxygen atoms in total. The molecule has 1 fully saturated rings. The van der Waals surface area contributed by atoms with Crippen molar-refractivity contribution in [3.63, 3.8) is 0 Å². The van der Waals surface area contributed by atoms with Crippen molar-refractivity contribution < 1.29 is 14.6 Å². The lowest BCUT2D eigenvalue weighted by Crippen LogP contribution is -2.33. The minimum Gasteiger partial charge on any atom is -0.481 e. The Morgan fingerprint density at radius 1 is 1.29 bits per heavy atom. The van der Waals surface area contributed by atoms with Crippen LogP contribution in [0.5, 0.6) is 0 Å². The highest BCUT2D eigenvalue weighted by atomic mass is 16.5. The number of carboxylic acids is 1. The van der Waals surface area contributed by atoms with Crippen LogP contribution >= 0.6 is 0 Å². The number of hydrazine groups is 1. The highest BCUT2D eigenvalue weighted by Gasteiger charge is 2.27. The van der Waals surface area contributed by atoms with Crippen molar-refractivity contribution in [3.05, 3.63) is 69.0 Å². The molecule has 1 saturated heterocycles. The highest BCUT2D eigenvalue weighted by Crippen LogP contribution is 2.32. The molecule has 2 aromatic rings. The van der Waals surface area contributed by atoms with Gasteiger partial charge >= 0.3 is 5.97 Å². The number of rotatable bonds is 9. The average Bonchev–Trinajstić information content (AvgIpc) is 2.78. The number of hydrogen-bond acceptors (Lipinski definition) is 7. The first kappa shape index (κ1) is 25.5. The predicted octanol–water partition coefficient (Wildman–Crippen LogP) is 2.23. The van der Waals surface area contributed by atoms with E-state index in [0.717, 1.165) is 36.1 Å². The number of allylic oxidation sites excluding steroid dienone is 1. The van der Waals surface area contributed by atoms with Crippen LogP contribution in [-0.4, -0.2) is 45.9 Å². The molecule has 34 heavy (non-hydrogen) atoms. The number of ether oxygens (including phenoxy) is 1. The second kappa shape index (κ2) is 11.3. The van der Waals surface area contributed by atoms with Crippen LogP contribution in [0.25, 0.3) is 5.70 Å². The van der Waals surface area contributed by atoms with Crippen molar-refractivity contribution in [1.82, 2.24) is 14.6 Å². The number of pyridine rings is 2. The third-order valence-electron chi connectivity index (χ3n) is 6.24. The number of nitrogens with two attached hydrogens (primary N) is 2. The molecule has 0 aromatic carbocycles. The normalized spacial score (nSPS) is 18.9. The van der Waals surface area contributed by atoms with Crippen LogP contribution in [0.2, 0.25) is 0 Å². The standard InChI is InChI=1S/C25H35N5O4/c1-4-5-17-6-9-23(31)30(12-17)13-22(29(3)27)25(26)21-8-7-20(16(2)28-21)19-10-18(11-24(32)33)14-34-15-19/h6-9,12,18-19H,4-5,10-11,13-15,26-27H2,1-3H3,(H,32,33)/b25-22-. The number of carbonyl (C=O) groups is 1. The minimum absolute atomic E-state index is 0.0143. The van der Waals surface area contributed by atoms with E-state index in [-0.39, 0.29) is 30.4 Å². The fraction of sp³-hybridized carbons (Fsp3) is 0.480. The molecule has 0 radical (unpaired) electrons. The maximum Gasteiger partial charge on any atom is 0.303 e. The first-order valence-corrected chi connectivity index (χ1v) is 11.6. The van der Waals surface area contributed by atoms with Gasteiger partial charge in [0.25, 0.3) is 5.56 Å². The Hall–Kier alpha value is -3.17. The van der Waals surface area contributed by atoms with Crippen LogP contribution in [0.4, 0.5) is 0 Å². The highest BCUT2D eigenvalue weighted by molar-refractivity contribution is 5.67. The minimum atomic E-state index is -0.810. The third kappa shape index (κ3) is 6.24. The zero-order valence-electron chi connectivity index (χ0n) is 20.2. The second-order valence-electron chi connectivity index (χ2n) is 9.03. The fourth-order valence-electron chi connectivity index (χ4n) is 4.51. The Bertz CT molecular complexity index is 1110. The molecule has 1 aliphatic heterocycles. The van der Waals surface area contributed by atoms with Gasteiger partial charge in [-0.1, -0.05) is 25.5 Å². The lowest BCUT2D eigenvalue weighted by molar-refractivity contribution is -0.139. The summed E-state index contributed by atoms with van der Waals surface area (Å²) in [4.78, 5) is 28.3. The SMILES string of the molecule is CCCc1ccc(=O)n(C/C(=C(/N)c2ccc(C3COCC(CC(=O)O)C3)c(C)n2)N(C)N)c1. The Morgan fingerprint density at radius 2 is 2.06 bits per heavy atom. The molecule has 5 N–H and O–H groups in total. The van der Waals surface area contributed by atoms with Crippen molar-refractivity contribution in [2.45, 2.75) is 52.0 Å². The summed E-state index contributed by atoms with van der Waals surface area (Å²) in [5, 5.41) is 10.5. The third-order valence-corrected chi connectivity index (χ3v) is 6.24. The number of aliphatic carboxylic acids is 1. The summed E-state index contributed by atoms with van der Waals surface area (Å²) in [6, 6.07) is 7.24. The van der Waals surface area contributed by atoms with Gasteiger partial charge in [0.1, 0.15) is 0 Å². The van der Waals surface area contributed by atoms with E-state index in [1.54, 1.807) is 17.7 Å². The van der Waals surface area contributed by atoms with Crippen molar-refractivity contribution >= 4 is 11.7 Å². The van der Waals surface area contributed by atoms with Crippen LogP contribution < -0.4 is 17.1 Å². The molecule has 0 aliphatic carbocycles. The number of carboxylic acid groups (broad SMARTS) is 1. The summed E-state index contributed by atoms with van der Waals surface area (Å²) in [6.45, 7) is 5.24. The molecule has 184 valence electrons. The summed E-state index contributed by atoms with van der Waals surface area (Å²) < 4.78 is 7.29. The van der Waals surface area contributed by atoms with E-state index in [2.05, 4.69) is 6.92 Å². The molecule has 3 rings (SSSR count). The zero-order valence-corrected chi connectivity index (χ0v) is 20.2. The molecule has 1 aliphatic rings. The first-order chi connectivity index (χ1) is 16.2. The smallest absolute Gasteiger partial charge is 0.303 e. The summed E-state index contributed by atoms with van der Waals surface area (Å²) >= 11 is 0. The van der Waals surface area contributed by atoms with Gasteiger partial charge in [-0.25, -0.2) is 5.84 Å². The van der Waals surface area contributed by atoms with Crippen molar-refractivity contribution in [2.24, 2.45) is 17.5 Å². The molecule has 0 amide bonds. The summed E-state index contributed by atoms with van der Waals surface area (Å²) in [6.07, 6.45) is 4.56. The maximum absolute atomic E-state index is 12.4. The van der Waals surface area contributed by atoms with Crippen molar-refractivity contribution in [2.75, 3.05) is 20.3 Å². The number of aromatic nitrogens is 2. The molecule has 0 bridgehead atoms. The van der Waals surface area contributed by atoms with E-state index >= 15 is 0 Å². The van der Waals surface area contributed by atoms with E-state index in [9.17, 15) is 9.59 Å². The number of likely N-dealkylation sites (N-methyl/N-ethyl adjacent to an activating group) is 1. The Labute approximate surface area is 200 Å². The van der Waals surface area contributed by atoms with Crippen molar-refractivity contribution in [1.29, 1.82) is 0 Å². The molecule has 9 heteroatoms. The molecule has 2 unspecified atom stereocenters. The quantitative estimate of drug-likeness (QED) is 0.376. The van der Waals surface area contributed by atoms with E-state index in [1.165, 1.54) is 5.01 Å². The Balaban J connectivity index is 1.88. The predicted molar refractivity (Wildman–Crippen MR) is 131 cm³/mol. The van der Waals surface area contributed by atoms with Gasteiger partial charge in [0, 0.05) is 37.5 Å². The summed E-state index contributed by atoms with van der Waals surface area (Å²) in [7, 11) is 1.69. The largest absolute Gasteiger partial charge is 0.481 e. The lowest BCUT2D eigenvalue weighted by atomic mass is 9.85. The summed E-state index contributed by atoms with van der Waals surface area (Å²) in [5.74, 6) is 5.36. The molecular weight excluding hydrogens is 434 g/mol. The van der Waals surface area contributed by atoms with Crippen LogP contribution in [-0.2, 0) is 22.5 Å². The molecule has 2 aromatic heterocycles. The van der Waals surface area contributed by atoms with Gasteiger partial charge in [-0.05, 0) is 42.9 Å². The van der Waals surface area contributed by atoms with E-state index < -0.39 is 5.97 Å². The molecule has 0 saturated carbocycles. The van der Waals surface area contributed by atoms with Gasteiger partial charge in [-0.2, -0.15) is 0 Å². The molecule has 3 heterocycles. The Kier molecular flexibility index (Phi) is 8.46. The van der Waals surface area contributed by atoms with Gasteiger partial charge in [-0.15, -0.1) is 0 Å². The molecule has 0 spiro atoms. The van der Waals surface area contributed by atoms with Crippen LogP contribution in [0.15, 0.2) is 41.0 Å². The van der Waals surface area contributed by atoms with Gasteiger partial charge in [-0.3, -0.25) is 14.6 Å². The monoisotopic (exact) mass is 469 g/mol. The zero-order chi connectivity index (χ0) is 24.8.